The summed E-state index contributed by atoms with van der Waals surface area (Å²) in [6, 6.07) is 0. The monoisotopic (exact) mass is 145 g/mol. The molecule has 58 valence electrons. The maximum Gasteiger partial charge on any atom is 0.411 e. The number of carbonyl (C=O) groups is 1. The lowest BCUT2D eigenvalue weighted by Crippen LogP contribution is -2.51. The van der Waals surface area contributed by atoms with Crippen LogP contribution in [0.4, 0.5) is 4.79 Å². The van der Waals surface area contributed by atoms with Gasteiger partial charge in [-0.3, -0.25) is 4.90 Å². The molecule has 1 unspecified atom stereocenters. The standard InChI is InChI=1S/C6H11NO3/c1-9-5-3-4-7(5)6(8)10-2/h5H,3-4H2,1-2H3. The first-order valence-corrected chi connectivity index (χ1v) is 3.17. The molecule has 4 nitrogen and oxygen atoms in total. The molecule has 0 N–H and O–H groups in total. The summed E-state index contributed by atoms with van der Waals surface area (Å²) in [4.78, 5) is 12.3. The molecule has 1 heterocycles. The molecule has 0 radical (unpaired) electrons. The van der Waals surface area contributed by atoms with Crippen LogP contribution in [-0.4, -0.2) is 38.0 Å². The fourth-order valence-electron chi connectivity index (χ4n) is 0.935. The van der Waals surface area contributed by atoms with Crippen LogP contribution in [0, 0.1) is 0 Å². The van der Waals surface area contributed by atoms with Crippen molar-refractivity contribution in [1.29, 1.82) is 0 Å². The van der Waals surface area contributed by atoms with E-state index in [0.29, 0.717) is 0 Å². The van der Waals surface area contributed by atoms with Gasteiger partial charge in [0, 0.05) is 20.1 Å². The first-order valence-electron chi connectivity index (χ1n) is 3.17. The predicted octanol–water partition coefficient (Wildman–Crippen LogP) is 0.431. The highest BCUT2D eigenvalue weighted by Crippen LogP contribution is 2.17. The smallest absolute Gasteiger partial charge is 0.411 e. The second-order valence-electron chi connectivity index (χ2n) is 2.14. The summed E-state index contributed by atoms with van der Waals surface area (Å²) in [6.45, 7) is 0.741. The molecule has 0 saturated carbocycles. The van der Waals surface area contributed by atoms with E-state index in [2.05, 4.69) is 4.74 Å². The summed E-state index contributed by atoms with van der Waals surface area (Å²) < 4.78 is 9.44. The van der Waals surface area contributed by atoms with Crippen molar-refractivity contribution < 1.29 is 14.3 Å². The van der Waals surface area contributed by atoms with Gasteiger partial charge in [-0.15, -0.1) is 0 Å². The number of hydrogen-bond acceptors (Lipinski definition) is 3. The molecule has 0 aromatic heterocycles. The zero-order valence-corrected chi connectivity index (χ0v) is 6.16. The molecule has 10 heavy (non-hydrogen) atoms. The largest absolute Gasteiger partial charge is 0.453 e. The first kappa shape index (κ1) is 7.34. The van der Waals surface area contributed by atoms with Gasteiger partial charge in [0.15, 0.2) is 0 Å². The summed E-state index contributed by atoms with van der Waals surface area (Å²) in [7, 11) is 2.95. The predicted molar refractivity (Wildman–Crippen MR) is 34.5 cm³/mol. The van der Waals surface area contributed by atoms with Gasteiger partial charge in [0.25, 0.3) is 0 Å². The highest BCUT2D eigenvalue weighted by atomic mass is 16.6. The average molecular weight is 145 g/mol. The Labute approximate surface area is 59.7 Å². The molecule has 1 aliphatic rings. The van der Waals surface area contributed by atoms with Crippen LogP contribution in [-0.2, 0) is 9.47 Å². The zero-order chi connectivity index (χ0) is 7.56. The average Bonchev–Trinajstić information content (AvgIpc) is 1.86. The first-order chi connectivity index (χ1) is 4.79. The van der Waals surface area contributed by atoms with Gasteiger partial charge in [-0.05, 0) is 0 Å². The Hall–Kier alpha value is -0.770. The topological polar surface area (TPSA) is 38.8 Å². The van der Waals surface area contributed by atoms with Crippen LogP contribution in [0.2, 0.25) is 0 Å². The Morgan fingerprint density at radius 2 is 2.30 bits per heavy atom. The number of carbonyl (C=O) groups excluding carboxylic acids is 1. The van der Waals surface area contributed by atoms with E-state index < -0.39 is 0 Å². The highest BCUT2D eigenvalue weighted by Gasteiger charge is 2.32. The Bertz CT molecular complexity index is 135. The lowest BCUT2D eigenvalue weighted by atomic mass is 10.2. The van der Waals surface area contributed by atoms with Gasteiger partial charge in [-0.25, -0.2) is 4.79 Å². The van der Waals surface area contributed by atoms with Crippen molar-refractivity contribution in [3.05, 3.63) is 0 Å². The van der Waals surface area contributed by atoms with Gasteiger partial charge in [-0.2, -0.15) is 0 Å². The van der Waals surface area contributed by atoms with E-state index in [1.54, 1.807) is 12.0 Å². The van der Waals surface area contributed by atoms with Crippen LogP contribution >= 0.6 is 0 Å². The van der Waals surface area contributed by atoms with Crippen molar-refractivity contribution in [3.8, 4) is 0 Å². The third kappa shape index (κ3) is 1.07. The van der Waals surface area contributed by atoms with Crippen LogP contribution in [0.25, 0.3) is 0 Å². The summed E-state index contributed by atoms with van der Waals surface area (Å²) in [5, 5.41) is 0. The van der Waals surface area contributed by atoms with Gasteiger partial charge >= 0.3 is 6.09 Å². The van der Waals surface area contributed by atoms with E-state index >= 15 is 0 Å². The van der Waals surface area contributed by atoms with Gasteiger partial charge in [-0.1, -0.05) is 0 Å². The van der Waals surface area contributed by atoms with Gasteiger partial charge in [0.1, 0.15) is 6.23 Å². The number of methoxy groups -OCH3 is 2. The molecule has 0 aromatic rings. The molecule has 1 fully saturated rings. The molecular weight excluding hydrogens is 134 g/mol. The van der Waals surface area contributed by atoms with Gasteiger partial charge in [0.2, 0.25) is 0 Å². The maximum absolute atomic E-state index is 10.8. The Morgan fingerprint density at radius 3 is 2.60 bits per heavy atom. The van der Waals surface area contributed by atoms with E-state index in [0.717, 1.165) is 13.0 Å². The summed E-state index contributed by atoms with van der Waals surface area (Å²) in [5.74, 6) is 0. The van der Waals surface area contributed by atoms with Crippen LogP contribution in [0.1, 0.15) is 6.42 Å². The Morgan fingerprint density at radius 1 is 1.60 bits per heavy atom. The molecule has 0 bridgehead atoms. The second-order valence-corrected chi connectivity index (χ2v) is 2.14. The van der Waals surface area contributed by atoms with Crippen LogP contribution < -0.4 is 0 Å². The van der Waals surface area contributed by atoms with Crippen molar-refractivity contribution in [3.63, 3.8) is 0 Å². The van der Waals surface area contributed by atoms with Crippen LogP contribution in [0.15, 0.2) is 0 Å². The molecule has 0 spiro atoms. The normalized spacial score (nSPS) is 23.8. The highest BCUT2D eigenvalue weighted by molar-refractivity contribution is 5.68. The summed E-state index contributed by atoms with van der Waals surface area (Å²) >= 11 is 0. The third-order valence-electron chi connectivity index (χ3n) is 1.65. The number of hydrogen-bond donors (Lipinski definition) is 0. The Balaban J connectivity index is 2.35. The van der Waals surface area contributed by atoms with Crippen molar-refractivity contribution in [1.82, 2.24) is 4.90 Å². The minimum Gasteiger partial charge on any atom is -0.453 e. The summed E-state index contributed by atoms with van der Waals surface area (Å²) in [6.07, 6.45) is 0.538. The molecular formula is C6H11NO3. The molecule has 1 atom stereocenters. The molecule has 1 rings (SSSR count). The number of likely N-dealkylation sites (tertiary alicyclic amines) is 1. The quantitative estimate of drug-likeness (QED) is 0.537. The minimum absolute atomic E-state index is 0.0625. The fourth-order valence-corrected chi connectivity index (χ4v) is 0.935. The maximum atomic E-state index is 10.8. The second kappa shape index (κ2) is 2.88. The van der Waals surface area contributed by atoms with Crippen LogP contribution in [0.3, 0.4) is 0 Å². The SMILES string of the molecule is COC(=O)N1CCC1OC. The van der Waals surface area contributed by atoms with Crippen molar-refractivity contribution in [2.24, 2.45) is 0 Å². The lowest BCUT2D eigenvalue weighted by molar-refractivity contribution is -0.0854. The van der Waals surface area contributed by atoms with E-state index in [4.69, 9.17) is 4.74 Å². The van der Waals surface area contributed by atoms with Crippen molar-refractivity contribution in [2.75, 3.05) is 20.8 Å². The van der Waals surface area contributed by atoms with Crippen LogP contribution in [0.5, 0.6) is 0 Å². The van der Waals surface area contributed by atoms with Crippen molar-refractivity contribution in [2.45, 2.75) is 12.6 Å². The van der Waals surface area contributed by atoms with E-state index in [9.17, 15) is 4.79 Å². The Kier molecular flexibility index (Phi) is 2.11. The molecule has 4 heteroatoms. The van der Waals surface area contributed by atoms with E-state index in [1.165, 1.54) is 7.11 Å². The number of rotatable bonds is 1. The number of amides is 1. The molecule has 1 saturated heterocycles. The fraction of sp³-hybridized carbons (Fsp3) is 0.833. The number of nitrogens with zero attached hydrogens (tertiary/aromatic N) is 1. The lowest BCUT2D eigenvalue weighted by Gasteiger charge is -2.37. The van der Waals surface area contributed by atoms with E-state index in [1.807, 2.05) is 0 Å². The third-order valence-corrected chi connectivity index (χ3v) is 1.65. The molecule has 0 aliphatic carbocycles. The van der Waals surface area contributed by atoms with Gasteiger partial charge < -0.3 is 9.47 Å². The molecule has 0 aromatic carbocycles. The molecule has 1 aliphatic heterocycles. The van der Waals surface area contributed by atoms with Crippen molar-refractivity contribution >= 4 is 6.09 Å². The number of ether oxygens (including phenoxy) is 2. The van der Waals surface area contributed by atoms with E-state index in [-0.39, 0.29) is 12.3 Å². The molecule has 1 amide bonds. The zero-order valence-electron chi connectivity index (χ0n) is 6.16. The summed E-state index contributed by atoms with van der Waals surface area (Å²) in [5.41, 5.74) is 0. The van der Waals surface area contributed by atoms with Gasteiger partial charge in [0.05, 0.1) is 7.11 Å². The minimum atomic E-state index is -0.307.